The van der Waals surface area contributed by atoms with Crippen molar-refractivity contribution in [2.24, 2.45) is 0 Å². The zero-order valence-corrected chi connectivity index (χ0v) is 10.2. The minimum absolute atomic E-state index is 0.211. The Morgan fingerprint density at radius 2 is 1.92 bits per heavy atom. The van der Waals surface area contributed by atoms with E-state index in [2.05, 4.69) is 31.9 Å². The number of benzene rings is 1. The molecule has 3 heteroatoms. The highest BCUT2D eigenvalue weighted by molar-refractivity contribution is 9.10. The Morgan fingerprint density at radius 3 is 2.33 bits per heavy atom. The van der Waals surface area contributed by atoms with Crippen LogP contribution in [-0.2, 0) is 5.33 Å². The summed E-state index contributed by atoms with van der Waals surface area (Å²) in [6.07, 6.45) is 0. The van der Waals surface area contributed by atoms with Crippen molar-refractivity contribution < 1.29 is 4.39 Å². The normalized spacial score (nSPS) is 8.75. The molecule has 0 aliphatic heterocycles. The van der Waals surface area contributed by atoms with Gasteiger partial charge in [-0.05, 0) is 33.6 Å². The van der Waals surface area contributed by atoms with Crippen LogP contribution in [0.2, 0.25) is 0 Å². The quantitative estimate of drug-likeness (QED) is 0.669. The maximum atomic E-state index is 12.7. The van der Waals surface area contributed by atoms with Crippen LogP contribution in [-0.4, -0.2) is 0 Å². The fourth-order valence-electron chi connectivity index (χ4n) is 0.623. The summed E-state index contributed by atoms with van der Waals surface area (Å²) in [5.41, 5.74) is 0.945. The average Bonchev–Trinajstić information content (AvgIpc) is 2.13. The second-order valence-electron chi connectivity index (χ2n) is 1.88. The van der Waals surface area contributed by atoms with E-state index in [4.69, 9.17) is 0 Å². The van der Waals surface area contributed by atoms with Gasteiger partial charge in [-0.25, -0.2) is 4.39 Å². The Balaban J connectivity index is 0.000000561. The molecule has 0 saturated carbocycles. The monoisotopic (exact) mass is 296 g/mol. The molecule has 1 aromatic rings. The van der Waals surface area contributed by atoms with Crippen molar-refractivity contribution in [1.82, 2.24) is 0 Å². The number of hydrogen-bond acceptors (Lipinski definition) is 0. The topological polar surface area (TPSA) is 0 Å². The van der Waals surface area contributed by atoms with Crippen LogP contribution in [0.5, 0.6) is 0 Å². The molecule has 0 nitrogen and oxygen atoms in total. The van der Waals surface area contributed by atoms with E-state index in [1.807, 2.05) is 19.9 Å². The molecule has 0 aromatic heterocycles. The Bertz CT molecular complexity index is 236. The molecule has 0 spiro atoms. The van der Waals surface area contributed by atoms with Gasteiger partial charge in [0.05, 0.1) is 4.47 Å². The molecule has 0 saturated heterocycles. The molecule has 12 heavy (non-hydrogen) atoms. The highest BCUT2D eigenvalue weighted by Crippen LogP contribution is 2.17. The average molecular weight is 298 g/mol. The maximum Gasteiger partial charge on any atom is 0.137 e. The summed E-state index contributed by atoms with van der Waals surface area (Å²) in [5.74, 6) is -0.211. The molecule has 0 N–H and O–H groups in total. The smallest absolute Gasteiger partial charge is 0.137 e. The molecule has 0 heterocycles. The van der Waals surface area contributed by atoms with Crippen LogP contribution in [0.25, 0.3) is 0 Å². The number of rotatable bonds is 1. The van der Waals surface area contributed by atoms with Crippen molar-refractivity contribution >= 4 is 31.9 Å². The molecule has 0 atom stereocenters. The lowest BCUT2D eigenvalue weighted by molar-refractivity contribution is 0.620. The summed E-state index contributed by atoms with van der Waals surface area (Å²) < 4.78 is 13.2. The summed E-state index contributed by atoms with van der Waals surface area (Å²) in [6, 6.07) is 5.06. The molecule has 0 aliphatic rings. The molecule has 68 valence electrons. The first kappa shape index (κ1) is 12.1. The van der Waals surface area contributed by atoms with Crippen molar-refractivity contribution in [2.45, 2.75) is 19.2 Å². The van der Waals surface area contributed by atoms with E-state index in [1.54, 1.807) is 6.07 Å². The summed E-state index contributed by atoms with van der Waals surface area (Å²) in [6.45, 7) is 4.00. The van der Waals surface area contributed by atoms with Gasteiger partial charge >= 0.3 is 0 Å². The molecular weight excluding hydrogens is 287 g/mol. The molecule has 0 amide bonds. The Labute approximate surface area is 89.4 Å². The highest BCUT2D eigenvalue weighted by atomic mass is 79.9. The van der Waals surface area contributed by atoms with Crippen molar-refractivity contribution in [1.29, 1.82) is 0 Å². The highest BCUT2D eigenvalue weighted by Gasteiger charge is 1.97. The van der Waals surface area contributed by atoms with Gasteiger partial charge in [-0.2, -0.15) is 0 Å². The van der Waals surface area contributed by atoms with Crippen LogP contribution in [0.1, 0.15) is 19.4 Å². The van der Waals surface area contributed by atoms with Crippen molar-refractivity contribution in [3.8, 4) is 0 Å². The van der Waals surface area contributed by atoms with E-state index < -0.39 is 0 Å². The predicted octanol–water partition coefficient (Wildman–Crippen LogP) is 4.51. The molecule has 0 radical (unpaired) electrons. The Kier molecular flexibility index (Phi) is 6.67. The second kappa shape index (κ2) is 6.61. The molecule has 1 aromatic carbocycles. The summed E-state index contributed by atoms with van der Waals surface area (Å²) >= 11 is 6.30. The lowest BCUT2D eigenvalue weighted by Gasteiger charge is -1.96. The third-order valence-corrected chi connectivity index (χ3v) is 2.43. The van der Waals surface area contributed by atoms with Crippen LogP contribution in [0.4, 0.5) is 4.39 Å². The SMILES string of the molecule is CC.Fc1cc(CBr)ccc1Br. The van der Waals surface area contributed by atoms with Gasteiger partial charge in [-0.15, -0.1) is 0 Å². The van der Waals surface area contributed by atoms with Crippen LogP contribution in [0, 0.1) is 5.82 Å². The van der Waals surface area contributed by atoms with Crippen molar-refractivity contribution in [2.75, 3.05) is 0 Å². The van der Waals surface area contributed by atoms with Crippen LogP contribution >= 0.6 is 31.9 Å². The van der Waals surface area contributed by atoms with E-state index >= 15 is 0 Å². The zero-order valence-electron chi connectivity index (χ0n) is 7.07. The third-order valence-electron chi connectivity index (χ3n) is 1.14. The zero-order chi connectivity index (χ0) is 9.56. The number of halogens is 3. The molecular formula is C9H11Br2F. The summed E-state index contributed by atoms with van der Waals surface area (Å²) in [7, 11) is 0. The molecule has 1 rings (SSSR count). The molecule has 0 unspecified atom stereocenters. The summed E-state index contributed by atoms with van der Waals surface area (Å²) in [5, 5.41) is 0.692. The van der Waals surface area contributed by atoms with Crippen LogP contribution in [0.15, 0.2) is 22.7 Å². The molecule has 0 aliphatic carbocycles. The predicted molar refractivity (Wildman–Crippen MR) is 58.1 cm³/mol. The lowest BCUT2D eigenvalue weighted by atomic mass is 10.2. The first-order chi connectivity index (χ1) is 5.74. The first-order valence-corrected chi connectivity index (χ1v) is 5.65. The van der Waals surface area contributed by atoms with Gasteiger partial charge in [0.2, 0.25) is 0 Å². The van der Waals surface area contributed by atoms with E-state index in [9.17, 15) is 4.39 Å². The van der Waals surface area contributed by atoms with Crippen molar-refractivity contribution in [3.63, 3.8) is 0 Å². The van der Waals surface area contributed by atoms with Gasteiger partial charge < -0.3 is 0 Å². The minimum atomic E-state index is -0.211. The largest absolute Gasteiger partial charge is 0.206 e. The second-order valence-corrected chi connectivity index (χ2v) is 3.30. The molecule has 0 bridgehead atoms. The van der Waals surface area contributed by atoms with Crippen molar-refractivity contribution in [3.05, 3.63) is 34.1 Å². The fraction of sp³-hybridized carbons (Fsp3) is 0.333. The number of hydrogen-bond donors (Lipinski definition) is 0. The maximum absolute atomic E-state index is 12.7. The van der Waals surface area contributed by atoms with E-state index in [0.717, 1.165) is 5.56 Å². The molecule has 0 fully saturated rings. The van der Waals surface area contributed by atoms with E-state index in [-0.39, 0.29) is 5.82 Å². The Hall–Kier alpha value is 0.110. The van der Waals surface area contributed by atoms with Gasteiger partial charge in [0.15, 0.2) is 0 Å². The van der Waals surface area contributed by atoms with Crippen LogP contribution < -0.4 is 0 Å². The third kappa shape index (κ3) is 3.68. The van der Waals surface area contributed by atoms with Gasteiger partial charge in [0.1, 0.15) is 5.82 Å². The van der Waals surface area contributed by atoms with Gasteiger partial charge in [-0.3, -0.25) is 0 Å². The van der Waals surface area contributed by atoms with Gasteiger partial charge in [0, 0.05) is 5.33 Å². The summed E-state index contributed by atoms with van der Waals surface area (Å²) in [4.78, 5) is 0. The van der Waals surface area contributed by atoms with E-state index in [1.165, 1.54) is 6.07 Å². The van der Waals surface area contributed by atoms with Gasteiger partial charge in [-0.1, -0.05) is 35.8 Å². The minimum Gasteiger partial charge on any atom is -0.206 e. The Morgan fingerprint density at radius 1 is 1.33 bits per heavy atom. The van der Waals surface area contributed by atoms with Crippen LogP contribution in [0.3, 0.4) is 0 Å². The first-order valence-electron chi connectivity index (χ1n) is 3.74. The number of alkyl halides is 1. The fourth-order valence-corrected chi connectivity index (χ4v) is 1.22. The van der Waals surface area contributed by atoms with E-state index in [0.29, 0.717) is 9.80 Å². The lowest BCUT2D eigenvalue weighted by Crippen LogP contribution is -1.80. The van der Waals surface area contributed by atoms with Gasteiger partial charge in [0.25, 0.3) is 0 Å². The standard InChI is InChI=1S/C7H5Br2F.C2H6/c8-4-5-1-2-6(9)7(10)3-5;1-2/h1-3H,4H2;1-2H3.